The average Bonchev–Trinajstić information content (AvgIpc) is 3.13. The number of halogens is 3. The van der Waals surface area contributed by atoms with Crippen LogP contribution in [0.3, 0.4) is 0 Å². The molecule has 0 bridgehead atoms. The maximum Gasteiger partial charge on any atom is 0.416 e. The number of fused-ring (bicyclic) bond motifs is 2. The zero-order valence-electron chi connectivity index (χ0n) is 15.2. The Kier molecular flexibility index (Phi) is 5.20. The number of carbonyl (C=O) groups excluding carboxylic acids is 1. The first-order valence-electron chi connectivity index (χ1n) is 9.30. The molecular formula is C20H21F3N2O2S. The SMILES string of the molecule is O=C(NCc1ccc(C(F)(F)F)cc1)c1cc2c(s1)C1(CCNCC1)OCC2. The van der Waals surface area contributed by atoms with Gasteiger partial charge in [0.05, 0.1) is 17.0 Å². The Bertz CT molecular complexity index is 855. The van der Waals surface area contributed by atoms with Crippen LogP contribution >= 0.6 is 11.3 Å². The molecule has 4 rings (SSSR count). The van der Waals surface area contributed by atoms with Crippen LogP contribution in [0.5, 0.6) is 0 Å². The summed E-state index contributed by atoms with van der Waals surface area (Å²) < 4.78 is 44.0. The van der Waals surface area contributed by atoms with Gasteiger partial charge in [-0.05, 0) is 61.7 Å². The molecule has 0 radical (unpaired) electrons. The molecule has 8 heteroatoms. The second kappa shape index (κ2) is 7.50. The van der Waals surface area contributed by atoms with E-state index in [9.17, 15) is 18.0 Å². The van der Waals surface area contributed by atoms with Gasteiger partial charge in [0, 0.05) is 11.4 Å². The van der Waals surface area contributed by atoms with Crippen molar-refractivity contribution in [3.63, 3.8) is 0 Å². The van der Waals surface area contributed by atoms with Crippen LogP contribution in [-0.4, -0.2) is 25.6 Å². The molecule has 3 heterocycles. The lowest BCUT2D eigenvalue weighted by Crippen LogP contribution is -2.43. The number of rotatable bonds is 3. The fourth-order valence-electron chi connectivity index (χ4n) is 3.82. The standard InChI is InChI=1S/C20H21F3N2O2S/c21-20(22,23)15-3-1-13(2-4-15)12-25-18(26)16-11-14-5-10-27-19(17(14)28-16)6-8-24-9-7-19/h1-4,11,24H,5-10,12H2,(H,25,26). The Labute approximate surface area is 165 Å². The Balaban J connectivity index is 1.45. The van der Waals surface area contributed by atoms with E-state index < -0.39 is 11.7 Å². The molecule has 0 atom stereocenters. The van der Waals surface area contributed by atoms with Gasteiger partial charge in [-0.25, -0.2) is 0 Å². The van der Waals surface area contributed by atoms with E-state index >= 15 is 0 Å². The van der Waals surface area contributed by atoms with Gasteiger partial charge in [0.2, 0.25) is 0 Å². The molecule has 0 saturated carbocycles. The van der Waals surface area contributed by atoms with Crippen LogP contribution in [0.1, 0.15) is 44.1 Å². The van der Waals surface area contributed by atoms with Crippen molar-refractivity contribution in [3.8, 4) is 0 Å². The van der Waals surface area contributed by atoms with Crippen molar-refractivity contribution in [2.45, 2.75) is 37.6 Å². The lowest BCUT2D eigenvalue weighted by molar-refractivity contribution is -0.137. The number of ether oxygens (including phenoxy) is 1. The zero-order valence-corrected chi connectivity index (χ0v) is 16.0. The monoisotopic (exact) mass is 410 g/mol. The summed E-state index contributed by atoms with van der Waals surface area (Å²) >= 11 is 1.48. The van der Waals surface area contributed by atoms with E-state index in [0.717, 1.165) is 49.4 Å². The molecule has 0 unspecified atom stereocenters. The van der Waals surface area contributed by atoms with E-state index in [0.29, 0.717) is 17.0 Å². The van der Waals surface area contributed by atoms with Gasteiger partial charge in [0.25, 0.3) is 5.91 Å². The molecule has 0 aliphatic carbocycles. The maximum absolute atomic E-state index is 12.6. The summed E-state index contributed by atoms with van der Waals surface area (Å²) in [7, 11) is 0. The molecule has 2 aliphatic rings. The van der Waals surface area contributed by atoms with Gasteiger partial charge in [0.1, 0.15) is 5.60 Å². The van der Waals surface area contributed by atoms with Crippen molar-refractivity contribution in [2.24, 2.45) is 0 Å². The zero-order chi connectivity index (χ0) is 19.8. The highest BCUT2D eigenvalue weighted by atomic mass is 32.1. The summed E-state index contributed by atoms with van der Waals surface area (Å²) in [5.74, 6) is -0.205. The van der Waals surface area contributed by atoms with Gasteiger partial charge in [-0.1, -0.05) is 12.1 Å². The van der Waals surface area contributed by atoms with Crippen molar-refractivity contribution in [1.29, 1.82) is 0 Å². The highest BCUT2D eigenvalue weighted by molar-refractivity contribution is 7.14. The Morgan fingerprint density at radius 2 is 1.93 bits per heavy atom. The average molecular weight is 410 g/mol. The fraction of sp³-hybridized carbons (Fsp3) is 0.450. The van der Waals surface area contributed by atoms with Crippen LogP contribution in [0, 0.1) is 0 Å². The predicted octanol–water partition coefficient (Wildman–Crippen LogP) is 3.85. The van der Waals surface area contributed by atoms with E-state index in [4.69, 9.17) is 4.74 Å². The molecule has 2 aromatic rings. The molecule has 1 aromatic heterocycles. The van der Waals surface area contributed by atoms with Crippen LogP contribution in [0.15, 0.2) is 30.3 Å². The summed E-state index contributed by atoms with van der Waals surface area (Å²) in [5.41, 5.74) is 0.828. The molecule has 2 N–H and O–H groups in total. The number of thiophene rings is 1. The minimum Gasteiger partial charge on any atom is -0.369 e. The van der Waals surface area contributed by atoms with Crippen LogP contribution in [0.25, 0.3) is 0 Å². The topological polar surface area (TPSA) is 50.4 Å². The summed E-state index contributed by atoms with van der Waals surface area (Å²) in [6, 6.07) is 6.78. The first-order chi connectivity index (χ1) is 13.4. The van der Waals surface area contributed by atoms with Crippen LogP contribution in [-0.2, 0) is 29.5 Å². The maximum atomic E-state index is 12.6. The lowest BCUT2D eigenvalue weighted by atomic mass is 9.86. The number of hydrogen-bond donors (Lipinski definition) is 2. The van der Waals surface area contributed by atoms with Gasteiger partial charge >= 0.3 is 6.18 Å². The van der Waals surface area contributed by atoms with Crippen molar-refractivity contribution in [1.82, 2.24) is 10.6 Å². The van der Waals surface area contributed by atoms with Crippen LogP contribution in [0.4, 0.5) is 13.2 Å². The molecule has 1 aromatic carbocycles. The molecule has 28 heavy (non-hydrogen) atoms. The third-order valence-electron chi connectivity index (χ3n) is 5.34. The summed E-state index contributed by atoms with van der Waals surface area (Å²) in [6.07, 6.45) is -1.77. The number of amides is 1. The predicted molar refractivity (Wildman–Crippen MR) is 100 cm³/mol. The van der Waals surface area contributed by atoms with Crippen molar-refractivity contribution in [2.75, 3.05) is 19.7 Å². The smallest absolute Gasteiger partial charge is 0.369 e. The minimum absolute atomic E-state index is 0.186. The first-order valence-corrected chi connectivity index (χ1v) is 10.1. The molecule has 1 spiro atoms. The summed E-state index contributed by atoms with van der Waals surface area (Å²) in [6.45, 7) is 2.64. The van der Waals surface area contributed by atoms with Gasteiger partial charge in [-0.15, -0.1) is 11.3 Å². The van der Waals surface area contributed by atoms with E-state index in [-0.39, 0.29) is 18.1 Å². The van der Waals surface area contributed by atoms with Gasteiger partial charge in [-0.3, -0.25) is 4.79 Å². The molecule has 2 aliphatic heterocycles. The van der Waals surface area contributed by atoms with Crippen molar-refractivity contribution in [3.05, 3.63) is 56.8 Å². The van der Waals surface area contributed by atoms with E-state index in [1.165, 1.54) is 29.0 Å². The number of piperidine rings is 1. The minimum atomic E-state index is -4.36. The molecule has 1 amide bonds. The van der Waals surface area contributed by atoms with Gasteiger partial charge < -0.3 is 15.4 Å². The third-order valence-corrected chi connectivity index (χ3v) is 6.70. The molecule has 4 nitrogen and oxygen atoms in total. The van der Waals surface area contributed by atoms with E-state index in [1.54, 1.807) is 0 Å². The summed E-state index contributed by atoms with van der Waals surface area (Å²) in [5, 5.41) is 6.15. The van der Waals surface area contributed by atoms with Crippen molar-refractivity contribution >= 4 is 17.2 Å². The lowest BCUT2D eigenvalue weighted by Gasteiger charge is -2.40. The normalized spacial score (nSPS) is 18.7. The first kappa shape index (κ1) is 19.4. The van der Waals surface area contributed by atoms with E-state index in [1.807, 2.05) is 6.07 Å². The molecular weight excluding hydrogens is 389 g/mol. The van der Waals surface area contributed by atoms with E-state index in [2.05, 4.69) is 10.6 Å². The Hall–Kier alpha value is -1.90. The highest BCUT2D eigenvalue weighted by Crippen LogP contribution is 2.44. The number of nitrogens with one attached hydrogen (secondary N) is 2. The van der Waals surface area contributed by atoms with Gasteiger partial charge in [0.15, 0.2) is 0 Å². The third kappa shape index (κ3) is 3.81. The Morgan fingerprint density at radius 3 is 2.61 bits per heavy atom. The largest absolute Gasteiger partial charge is 0.416 e. The number of carbonyl (C=O) groups is 1. The summed E-state index contributed by atoms with van der Waals surface area (Å²) in [4.78, 5) is 14.4. The molecule has 1 fully saturated rings. The number of hydrogen-bond acceptors (Lipinski definition) is 4. The van der Waals surface area contributed by atoms with Crippen LogP contribution in [0.2, 0.25) is 0 Å². The Morgan fingerprint density at radius 1 is 1.21 bits per heavy atom. The van der Waals surface area contributed by atoms with Crippen molar-refractivity contribution < 1.29 is 22.7 Å². The quantitative estimate of drug-likeness (QED) is 0.808. The molecule has 1 saturated heterocycles. The second-order valence-electron chi connectivity index (χ2n) is 7.19. The van der Waals surface area contributed by atoms with Crippen LogP contribution < -0.4 is 10.6 Å². The number of benzene rings is 1. The highest BCUT2D eigenvalue weighted by Gasteiger charge is 2.41. The van der Waals surface area contributed by atoms with Gasteiger partial charge in [-0.2, -0.15) is 13.2 Å². The molecule has 150 valence electrons. The fourth-order valence-corrected chi connectivity index (χ4v) is 5.14. The second-order valence-corrected chi connectivity index (χ2v) is 8.24. The number of alkyl halides is 3.